The van der Waals surface area contributed by atoms with Gasteiger partial charge in [0.2, 0.25) is 5.91 Å². The number of likely N-dealkylation sites (N-methyl/N-ethyl adjacent to an activating group) is 1. The highest BCUT2D eigenvalue weighted by Crippen LogP contribution is 2.22. The number of hydrogen-bond donors (Lipinski definition) is 2. The van der Waals surface area contributed by atoms with Crippen LogP contribution >= 0.6 is 0 Å². The molecule has 1 atom stereocenters. The summed E-state index contributed by atoms with van der Waals surface area (Å²) < 4.78 is 0. The van der Waals surface area contributed by atoms with E-state index in [0.29, 0.717) is 17.7 Å². The zero-order valence-electron chi connectivity index (χ0n) is 15.5. The second kappa shape index (κ2) is 8.33. The Morgan fingerprint density at radius 2 is 1.63 bits per heavy atom. The molecule has 1 aliphatic rings. The van der Waals surface area contributed by atoms with Gasteiger partial charge in [-0.25, -0.2) is 5.06 Å². The molecule has 1 aliphatic heterocycles. The van der Waals surface area contributed by atoms with Crippen molar-refractivity contribution in [3.8, 4) is 11.1 Å². The van der Waals surface area contributed by atoms with Crippen molar-refractivity contribution in [3.63, 3.8) is 0 Å². The maximum atomic E-state index is 12.5. The Balaban J connectivity index is 1.67. The highest BCUT2D eigenvalue weighted by molar-refractivity contribution is 5.94. The van der Waals surface area contributed by atoms with Crippen LogP contribution in [0.4, 0.5) is 0 Å². The predicted octanol–water partition coefficient (Wildman–Crippen LogP) is 2.77. The van der Waals surface area contributed by atoms with Crippen molar-refractivity contribution >= 4 is 11.8 Å². The summed E-state index contributed by atoms with van der Waals surface area (Å²) in [5, 5.41) is 11.1. The summed E-state index contributed by atoms with van der Waals surface area (Å²) in [5.74, 6) is -0.858. The van der Waals surface area contributed by atoms with Crippen molar-refractivity contribution in [2.24, 2.45) is 5.73 Å². The molecule has 6 heteroatoms. The summed E-state index contributed by atoms with van der Waals surface area (Å²) in [6, 6.07) is 14.3. The maximum absolute atomic E-state index is 12.5. The zero-order valence-corrected chi connectivity index (χ0v) is 15.5. The third-order valence-electron chi connectivity index (χ3n) is 5.16. The fourth-order valence-electron chi connectivity index (χ4n) is 3.58. The van der Waals surface area contributed by atoms with Crippen molar-refractivity contribution in [1.82, 2.24) is 9.96 Å². The van der Waals surface area contributed by atoms with Crippen LogP contribution in [0.25, 0.3) is 11.1 Å². The highest BCUT2D eigenvalue weighted by Gasteiger charge is 2.27. The van der Waals surface area contributed by atoms with E-state index in [1.165, 1.54) is 0 Å². The topological polar surface area (TPSA) is 86.9 Å². The van der Waals surface area contributed by atoms with Gasteiger partial charge in [0.25, 0.3) is 5.91 Å². The Kier molecular flexibility index (Phi) is 5.88. The van der Waals surface area contributed by atoms with Gasteiger partial charge in [-0.3, -0.25) is 19.7 Å². The average molecular weight is 367 g/mol. The highest BCUT2D eigenvalue weighted by atomic mass is 16.5. The minimum Gasteiger partial charge on any atom is -0.366 e. The predicted molar refractivity (Wildman–Crippen MR) is 103 cm³/mol. The van der Waals surface area contributed by atoms with E-state index in [-0.39, 0.29) is 6.04 Å². The molecule has 0 aromatic heterocycles. The van der Waals surface area contributed by atoms with E-state index in [1.807, 2.05) is 24.3 Å². The lowest BCUT2D eigenvalue weighted by Gasteiger charge is -2.26. The summed E-state index contributed by atoms with van der Waals surface area (Å²) in [4.78, 5) is 25.9. The Labute approximate surface area is 159 Å². The lowest BCUT2D eigenvalue weighted by Crippen LogP contribution is -2.41. The quantitative estimate of drug-likeness (QED) is 0.607. The fourth-order valence-corrected chi connectivity index (χ4v) is 3.58. The molecule has 0 radical (unpaired) electrons. The van der Waals surface area contributed by atoms with Gasteiger partial charge in [-0.1, -0.05) is 31.2 Å². The number of benzene rings is 2. The molecular formula is C21H25N3O3. The third kappa shape index (κ3) is 4.35. The molecule has 1 fully saturated rings. The molecule has 3 rings (SSSR count). The van der Waals surface area contributed by atoms with Crippen molar-refractivity contribution < 1.29 is 14.8 Å². The van der Waals surface area contributed by atoms with Crippen LogP contribution in [0.15, 0.2) is 48.5 Å². The van der Waals surface area contributed by atoms with Gasteiger partial charge >= 0.3 is 0 Å². The van der Waals surface area contributed by atoms with E-state index in [4.69, 9.17) is 5.73 Å². The molecule has 0 bridgehead atoms. The maximum Gasteiger partial charge on any atom is 0.277 e. The first-order valence-electron chi connectivity index (χ1n) is 9.24. The Morgan fingerprint density at radius 1 is 1.07 bits per heavy atom. The van der Waals surface area contributed by atoms with E-state index in [1.54, 1.807) is 24.3 Å². The number of likely N-dealkylation sites (tertiary alicyclic amines) is 1. The molecule has 2 aromatic rings. The van der Waals surface area contributed by atoms with Crippen LogP contribution in [0.5, 0.6) is 0 Å². The molecular weight excluding hydrogens is 342 g/mol. The molecule has 1 saturated heterocycles. The van der Waals surface area contributed by atoms with Gasteiger partial charge in [-0.05, 0) is 61.3 Å². The van der Waals surface area contributed by atoms with E-state index in [2.05, 4.69) is 11.8 Å². The van der Waals surface area contributed by atoms with E-state index < -0.39 is 11.8 Å². The number of hydrogen-bond acceptors (Lipinski definition) is 4. The third-order valence-corrected chi connectivity index (χ3v) is 5.16. The fraction of sp³-hybridized carbons (Fsp3) is 0.333. The first-order chi connectivity index (χ1) is 13.0. The van der Waals surface area contributed by atoms with Crippen molar-refractivity contribution in [1.29, 1.82) is 0 Å². The number of carbonyl (C=O) groups is 2. The van der Waals surface area contributed by atoms with E-state index >= 15 is 0 Å². The smallest absolute Gasteiger partial charge is 0.277 e. The molecule has 1 unspecified atom stereocenters. The van der Waals surface area contributed by atoms with E-state index in [0.717, 1.165) is 42.1 Å². The summed E-state index contributed by atoms with van der Waals surface area (Å²) in [6.07, 6.45) is 2.10. The average Bonchev–Trinajstić information content (AvgIpc) is 3.14. The van der Waals surface area contributed by atoms with Crippen LogP contribution in [0.2, 0.25) is 0 Å². The SMILES string of the molecule is CCN1CCCC1CN(O)C(=O)c1ccc(-c2ccc(C(N)=O)cc2)cc1. The van der Waals surface area contributed by atoms with Crippen LogP contribution in [0, 0.1) is 0 Å². The largest absolute Gasteiger partial charge is 0.366 e. The first kappa shape index (κ1) is 19.1. The van der Waals surface area contributed by atoms with Crippen LogP contribution in [-0.4, -0.2) is 52.7 Å². The summed E-state index contributed by atoms with van der Waals surface area (Å²) in [6.45, 7) is 4.36. The van der Waals surface area contributed by atoms with Crippen LogP contribution in [0.3, 0.4) is 0 Å². The van der Waals surface area contributed by atoms with Crippen LogP contribution in [0.1, 0.15) is 40.5 Å². The number of rotatable bonds is 6. The first-order valence-corrected chi connectivity index (χ1v) is 9.24. The standard InChI is InChI=1S/C21H25N3O3/c1-2-23-13-3-4-19(23)14-24(27)21(26)18-11-7-16(8-12-18)15-5-9-17(10-6-15)20(22)25/h5-12,19,27H,2-4,13-14H2,1H3,(H2,22,25). The molecule has 1 heterocycles. The van der Waals surface area contributed by atoms with Gasteiger partial charge in [0.05, 0.1) is 6.54 Å². The van der Waals surface area contributed by atoms with Gasteiger partial charge < -0.3 is 5.73 Å². The number of nitrogens with two attached hydrogens (primary N) is 1. The van der Waals surface area contributed by atoms with Gasteiger partial charge in [0.1, 0.15) is 0 Å². The number of nitrogens with zero attached hydrogens (tertiary/aromatic N) is 2. The molecule has 6 nitrogen and oxygen atoms in total. The van der Waals surface area contributed by atoms with Gasteiger partial charge in [-0.15, -0.1) is 0 Å². The molecule has 2 amide bonds. The molecule has 142 valence electrons. The number of hydroxylamine groups is 2. The molecule has 27 heavy (non-hydrogen) atoms. The minimum atomic E-state index is -0.463. The Morgan fingerprint density at radius 3 is 2.15 bits per heavy atom. The second-order valence-corrected chi connectivity index (χ2v) is 6.83. The molecule has 2 aromatic carbocycles. The molecule has 0 aliphatic carbocycles. The summed E-state index contributed by atoms with van der Waals surface area (Å²) in [7, 11) is 0. The molecule has 0 spiro atoms. The lowest BCUT2D eigenvalue weighted by molar-refractivity contribution is -0.0691. The van der Waals surface area contributed by atoms with Crippen molar-refractivity contribution in [2.45, 2.75) is 25.8 Å². The summed E-state index contributed by atoms with van der Waals surface area (Å²) >= 11 is 0. The normalized spacial score (nSPS) is 17.0. The Hall–Kier alpha value is -2.70. The number of primary amides is 1. The summed E-state index contributed by atoms with van der Waals surface area (Å²) in [5.41, 5.74) is 7.98. The molecule has 0 saturated carbocycles. The van der Waals surface area contributed by atoms with Gasteiger partial charge in [-0.2, -0.15) is 0 Å². The van der Waals surface area contributed by atoms with Crippen LogP contribution < -0.4 is 5.73 Å². The number of carbonyl (C=O) groups excluding carboxylic acids is 2. The number of amides is 2. The second-order valence-electron chi connectivity index (χ2n) is 6.83. The van der Waals surface area contributed by atoms with E-state index in [9.17, 15) is 14.8 Å². The molecule has 3 N–H and O–H groups in total. The van der Waals surface area contributed by atoms with Crippen molar-refractivity contribution in [2.75, 3.05) is 19.6 Å². The Bertz CT molecular complexity index is 802. The lowest BCUT2D eigenvalue weighted by atomic mass is 10.0. The van der Waals surface area contributed by atoms with Gasteiger partial charge in [0, 0.05) is 17.2 Å². The van der Waals surface area contributed by atoms with Crippen molar-refractivity contribution in [3.05, 3.63) is 59.7 Å². The van der Waals surface area contributed by atoms with Gasteiger partial charge in [0.15, 0.2) is 0 Å². The minimum absolute atomic E-state index is 0.215. The zero-order chi connectivity index (χ0) is 19.4. The van der Waals surface area contributed by atoms with Crippen LogP contribution in [-0.2, 0) is 0 Å². The monoisotopic (exact) mass is 367 g/mol.